The van der Waals surface area contributed by atoms with Crippen molar-refractivity contribution in [1.29, 1.82) is 0 Å². The Bertz CT molecular complexity index is 171. The average Bonchev–Trinajstić information content (AvgIpc) is 1.81. The van der Waals surface area contributed by atoms with Gasteiger partial charge in [-0.25, -0.2) is 0 Å². The molecule has 0 saturated carbocycles. The highest BCUT2D eigenvalue weighted by Crippen LogP contribution is 1.96. The fraction of sp³-hybridized carbons (Fsp3) is 1.00. The summed E-state index contributed by atoms with van der Waals surface area (Å²) in [6.07, 6.45) is 1.30. The quantitative estimate of drug-likeness (QED) is 0.658. The van der Waals surface area contributed by atoms with Gasteiger partial charge in [0.2, 0.25) is 0 Å². The molecule has 0 atom stereocenters. The highest BCUT2D eigenvalue weighted by atomic mass is 32.2. The first kappa shape index (κ1) is 9.87. The zero-order chi connectivity index (χ0) is 8.20. The highest BCUT2D eigenvalue weighted by Gasteiger charge is 2.11. The summed E-state index contributed by atoms with van der Waals surface area (Å²) in [5, 5.41) is 0. The number of hydrogen-bond donors (Lipinski definition) is 1. The molecule has 0 amide bonds. The molecule has 0 aromatic rings. The number of rotatable bonds is 4. The fourth-order valence-corrected chi connectivity index (χ4v) is 1.40. The average molecular weight is 166 g/mol. The second kappa shape index (κ2) is 3.90. The molecule has 0 aromatic carbocycles. The molecular weight excluding hydrogens is 154 g/mol. The first-order valence-corrected chi connectivity index (χ1v) is 4.63. The molecule has 0 saturated heterocycles. The van der Waals surface area contributed by atoms with E-state index in [2.05, 4.69) is 0 Å². The zero-order valence-electron chi connectivity index (χ0n) is 6.12. The maximum absolute atomic E-state index is 10.1. The molecule has 0 aliphatic carbocycles. The number of hydrogen-bond acceptors (Lipinski definition) is 2. The van der Waals surface area contributed by atoms with Gasteiger partial charge in [0.25, 0.3) is 0 Å². The van der Waals surface area contributed by atoms with Crippen LogP contribution in [0.3, 0.4) is 0 Å². The standard InChI is InChI=1S/C5H12NO3S/c1-3-5(4-2)6-10(7,8)9/h5-6H,3-4H2,1-2H3. The molecule has 5 heteroatoms. The van der Waals surface area contributed by atoms with Crippen molar-refractivity contribution in [2.24, 2.45) is 0 Å². The van der Waals surface area contributed by atoms with E-state index in [1.54, 1.807) is 0 Å². The minimum atomic E-state index is -4.25. The van der Waals surface area contributed by atoms with Crippen LogP contribution in [0.15, 0.2) is 0 Å². The molecule has 0 heterocycles. The molecule has 0 fully saturated rings. The molecule has 1 radical (unpaired) electrons. The summed E-state index contributed by atoms with van der Waals surface area (Å²) >= 11 is 0. The van der Waals surface area contributed by atoms with Gasteiger partial charge in [-0.2, -0.15) is 13.1 Å². The van der Waals surface area contributed by atoms with Crippen LogP contribution in [0, 0.1) is 0 Å². The Balaban J connectivity index is 3.87. The van der Waals surface area contributed by atoms with Crippen molar-refractivity contribution >= 4 is 10.3 Å². The second-order valence-corrected chi connectivity index (χ2v) is 3.23. The van der Waals surface area contributed by atoms with Crippen LogP contribution in [0.5, 0.6) is 0 Å². The van der Waals surface area contributed by atoms with E-state index in [0.29, 0.717) is 12.8 Å². The van der Waals surface area contributed by atoms with E-state index in [-0.39, 0.29) is 6.04 Å². The molecule has 0 bridgehead atoms. The van der Waals surface area contributed by atoms with Gasteiger partial charge in [0.05, 0.1) is 0 Å². The summed E-state index contributed by atoms with van der Waals surface area (Å²) in [6, 6.07) is -0.206. The molecule has 0 aliphatic heterocycles. The van der Waals surface area contributed by atoms with E-state index < -0.39 is 10.3 Å². The normalized spacial score (nSPS) is 12.4. The molecular formula is C5H12NO3S. The minimum Gasteiger partial charge on any atom is -0.187 e. The summed E-state index contributed by atoms with van der Waals surface area (Å²) in [5.41, 5.74) is 0. The van der Waals surface area contributed by atoms with E-state index in [9.17, 15) is 13.0 Å². The maximum Gasteiger partial charge on any atom is 0.363 e. The van der Waals surface area contributed by atoms with Crippen molar-refractivity contribution in [1.82, 2.24) is 4.72 Å². The van der Waals surface area contributed by atoms with Crippen LogP contribution >= 0.6 is 0 Å². The molecule has 0 aromatic heterocycles. The lowest BCUT2D eigenvalue weighted by molar-refractivity contribution is 0.387. The summed E-state index contributed by atoms with van der Waals surface area (Å²) in [7, 11) is -4.25. The Hall–Kier alpha value is -0.130. The maximum atomic E-state index is 10.1. The molecule has 0 aliphatic rings. The third-order valence-corrected chi connectivity index (χ3v) is 1.92. The van der Waals surface area contributed by atoms with Crippen LogP contribution in [0.4, 0.5) is 0 Å². The number of nitrogens with one attached hydrogen (secondary N) is 1. The Kier molecular flexibility index (Phi) is 3.85. The van der Waals surface area contributed by atoms with Crippen LogP contribution in [0.2, 0.25) is 0 Å². The van der Waals surface area contributed by atoms with E-state index in [4.69, 9.17) is 0 Å². The zero-order valence-corrected chi connectivity index (χ0v) is 6.94. The minimum absolute atomic E-state index is 0.206. The van der Waals surface area contributed by atoms with Crippen LogP contribution < -0.4 is 4.72 Å². The monoisotopic (exact) mass is 166 g/mol. The Labute approximate surface area is 61.5 Å². The predicted molar refractivity (Wildman–Crippen MR) is 37.1 cm³/mol. The summed E-state index contributed by atoms with van der Waals surface area (Å²) in [4.78, 5) is 0. The molecule has 0 rings (SSSR count). The van der Waals surface area contributed by atoms with Crippen molar-refractivity contribution in [3.05, 3.63) is 0 Å². The van der Waals surface area contributed by atoms with Gasteiger partial charge in [-0.05, 0) is 12.8 Å². The second-order valence-electron chi connectivity index (χ2n) is 2.09. The van der Waals surface area contributed by atoms with Gasteiger partial charge in [-0.3, -0.25) is 0 Å². The van der Waals surface area contributed by atoms with Crippen LogP contribution in [-0.2, 0) is 14.9 Å². The Morgan fingerprint density at radius 2 is 1.70 bits per heavy atom. The van der Waals surface area contributed by atoms with E-state index in [0.717, 1.165) is 0 Å². The first-order valence-electron chi connectivity index (χ1n) is 3.22. The van der Waals surface area contributed by atoms with E-state index >= 15 is 0 Å². The van der Waals surface area contributed by atoms with Crippen LogP contribution in [-0.4, -0.2) is 14.5 Å². The van der Waals surface area contributed by atoms with Crippen molar-refractivity contribution in [2.75, 3.05) is 0 Å². The van der Waals surface area contributed by atoms with Crippen molar-refractivity contribution < 1.29 is 13.0 Å². The predicted octanol–water partition coefficient (Wildman–Crippen LogP) is 0.440. The van der Waals surface area contributed by atoms with Crippen molar-refractivity contribution in [2.45, 2.75) is 32.7 Å². The molecule has 61 valence electrons. The van der Waals surface area contributed by atoms with Crippen molar-refractivity contribution in [3.63, 3.8) is 0 Å². The van der Waals surface area contributed by atoms with Gasteiger partial charge in [0.1, 0.15) is 0 Å². The first-order chi connectivity index (χ1) is 4.49. The SMILES string of the molecule is CCC(CC)NS([O])(=O)=O. The van der Waals surface area contributed by atoms with Gasteiger partial charge >= 0.3 is 10.3 Å². The summed E-state index contributed by atoms with van der Waals surface area (Å²) in [6.45, 7) is 3.65. The summed E-state index contributed by atoms with van der Waals surface area (Å²) < 4.78 is 32.3. The largest absolute Gasteiger partial charge is 0.363 e. The van der Waals surface area contributed by atoms with E-state index in [1.165, 1.54) is 0 Å². The molecule has 0 unspecified atom stereocenters. The third kappa shape index (κ3) is 4.72. The van der Waals surface area contributed by atoms with E-state index in [1.807, 2.05) is 18.6 Å². The molecule has 4 nitrogen and oxygen atoms in total. The topological polar surface area (TPSA) is 66.1 Å². The van der Waals surface area contributed by atoms with Gasteiger partial charge in [0.15, 0.2) is 0 Å². The highest BCUT2D eigenvalue weighted by molar-refractivity contribution is 7.83. The Morgan fingerprint density at radius 3 is 1.80 bits per heavy atom. The van der Waals surface area contributed by atoms with Crippen LogP contribution in [0.25, 0.3) is 0 Å². The molecule has 10 heavy (non-hydrogen) atoms. The third-order valence-electron chi connectivity index (χ3n) is 1.30. The van der Waals surface area contributed by atoms with Crippen molar-refractivity contribution in [3.8, 4) is 0 Å². The van der Waals surface area contributed by atoms with Gasteiger partial charge in [-0.1, -0.05) is 18.4 Å². The van der Waals surface area contributed by atoms with Gasteiger partial charge in [-0.15, -0.1) is 0 Å². The smallest absolute Gasteiger partial charge is 0.187 e. The fourth-order valence-electron chi connectivity index (χ4n) is 0.659. The molecule has 0 spiro atoms. The van der Waals surface area contributed by atoms with Crippen LogP contribution in [0.1, 0.15) is 26.7 Å². The Morgan fingerprint density at radius 1 is 1.30 bits per heavy atom. The lowest BCUT2D eigenvalue weighted by atomic mass is 10.2. The lowest BCUT2D eigenvalue weighted by Crippen LogP contribution is -2.32. The molecule has 1 N–H and O–H groups in total. The van der Waals surface area contributed by atoms with Gasteiger partial charge in [0, 0.05) is 6.04 Å². The van der Waals surface area contributed by atoms with Gasteiger partial charge < -0.3 is 0 Å². The summed E-state index contributed by atoms with van der Waals surface area (Å²) in [5.74, 6) is 0. The lowest BCUT2D eigenvalue weighted by Gasteiger charge is -2.09.